The molecule has 0 fully saturated rings. The minimum Gasteiger partial charge on any atom is -0.487 e. The number of hydrogen-bond donors (Lipinski definition) is 2. The summed E-state index contributed by atoms with van der Waals surface area (Å²) in [4.78, 5) is 28.6. The molecule has 2 amide bonds. The highest BCUT2D eigenvalue weighted by atomic mass is 16.5. The van der Waals surface area contributed by atoms with Crippen LogP contribution in [0.2, 0.25) is 0 Å². The van der Waals surface area contributed by atoms with Crippen LogP contribution in [0.3, 0.4) is 0 Å². The van der Waals surface area contributed by atoms with Gasteiger partial charge in [0.1, 0.15) is 12.4 Å². The number of aryl methyl sites for hydroxylation is 2. The Hall–Kier alpha value is -3.67. The highest BCUT2D eigenvalue weighted by Crippen LogP contribution is 2.14. The maximum absolute atomic E-state index is 12.2. The lowest BCUT2D eigenvalue weighted by Crippen LogP contribution is -2.36. The lowest BCUT2D eigenvalue weighted by atomic mass is 10.1. The van der Waals surface area contributed by atoms with Crippen LogP contribution >= 0.6 is 0 Å². The molecule has 0 aliphatic carbocycles. The standard InChI is InChI=1S/C24H25N3O3/c1-17-10-18(2)12-20(11-17)24(29)27-15-23(28)26-14-19-6-5-8-22(13-19)30-16-21-7-3-4-9-25-21/h3-13H,14-16H2,1-2H3,(H,26,28)(H,27,29). The molecule has 0 aliphatic rings. The Morgan fingerprint density at radius 1 is 0.933 bits per heavy atom. The predicted molar refractivity (Wildman–Crippen MR) is 115 cm³/mol. The van der Waals surface area contributed by atoms with Crippen LogP contribution in [-0.2, 0) is 17.9 Å². The van der Waals surface area contributed by atoms with E-state index in [4.69, 9.17) is 4.74 Å². The van der Waals surface area contributed by atoms with Gasteiger partial charge in [-0.05, 0) is 55.8 Å². The number of nitrogens with one attached hydrogen (secondary N) is 2. The molecule has 0 spiro atoms. The van der Waals surface area contributed by atoms with Crippen molar-refractivity contribution in [3.8, 4) is 5.75 Å². The van der Waals surface area contributed by atoms with Crippen LogP contribution in [-0.4, -0.2) is 23.3 Å². The van der Waals surface area contributed by atoms with Gasteiger partial charge in [0.2, 0.25) is 5.91 Å². The van der Waals surface area contributed by atoms with E-state index < -0.39 is 0 Å². The number of amides is 2. The lowest BCUT2D eigenvalue weighted by Gasteiger charge is -2.10. The maximum Gasteiger partial charge on any atom is 0.251 e. The zero-order valence-corrected chi connectivity index (χ0v) is 17.1. The summed E-state index contributed by atoms with van der Waals surface area (Å²) in [5.41, 5.74) is 4.32. The lowest BCUT2D eigenvalue weighted by molar-refractivity contribution is -0.120. The minimum absolute atomic E-state index is 0.0817. The fraction of sp³-hybridized carbons (Fsp3) is 0.208. The Bertz CT molecular complexity index is 999. The molecule has 30 heavy (non-hydrogen) atoms. The second-order valence-electron chi connectivity index (χ2n) is 7.09. The van der Waals surface area contributed by atoms with E-state index >= 15 is 0 Å². The fourth-order valence-corrected chi connectivity index (χ4v) is 3.02. The van der Waals surface area contributed by atoms with E-state index in [-0.39, 0.29) is 18.4 Å². The summed E-state index contributed by atoms with van der Waals surface area (Å²) < 4.78 is 5.75. The summed E-state index contributed by atoms with van der Waals surface area (Å²) in [6, 6.07) is 18.8. The average molecular weight is 403 g/mol. The van der Waals surface area contributed by atoms with Crippen molar-refractivity contribution < 1.29 is 14.3 Å². The van der Waals surface area contributed by atoms with Crippen LogP contribution in [0.4, 0.5) is 0 Å². The van der Waals surface area contributed by atoms with Gasteiger partial charge in [-0.25, -0.2) is 0 Å². The summed E-state index contributed by atoms with van der Waals surface area (Å²) in [6.07, 6.45) is 1.73. The van der Waals surface area contributed by atoms with Crippen molar-refractivity contribution >= 4 is 11.8 Å². The third-order valence-corrected chi connectivity index (χ3v) is 4.39. The van der Waals surface area contributed by atoms with Gasteiger partial charge in [0.05, 0.1) is 12.2 Å². The number of rotatable bonds is 8. The van der Waals surface area contributed by atoms with Gasteiger partial charge in [-0.15, -0.1) is 0 Å². The van der Waals surface area contributed by atoms with Crippen LogP contribution < -0.4 is 15.4 Å². The number of ether oxygens (including phenoxy) is 1. The number of carbonyl (C=O) groups excluding carboxylic acids is 2. The van der Waals surface area contributed by atoms with Crippen molar-refractivity contribution in [2.24, 2.45) is 0 Å². The van der Waals surface area contributed by atoms with Crippen molar-refractivity contribution in [2.75, 3.05) is 6.54 Å². The molecule has 0 atom stereocenters. The Balaban J connectivity index is 1.45. The molecule has 1 aromatic heterocycles. The molecular weight excluding hydrogens is 378 g/mol. The van der Waals surface area contributed by atoms with Crippen molar-refractivity contribution in [2.45, 2.75) is 27.0 Å². The molecule has 0 aliphatic heterocycles. The fourth-order valence-electron chi connectivity index (χ4n) is 3.02. The van der Waals surface area contributed by atoms with E-state index in [1.165, 1.54) is 0 Å². The van der Waals surface area contributed by atoms with E-state index in [1.807, 2.05) is 62.4 Å². The van der Waals surface area contributed by atoms with E-state index in [0.29, 0.717) is 24.5 Å². The Morgan fingerprint density at radius 2 is 1.73 bits per heavy atom. The Labute approximate surface area is 176 Å². The highest BCUT2D eigenvalue weighted by molar-refractivity contribution is 5.96. The molecule has 0 unspecified atom stereocenters. The Kier molecular flexibility index (Phi) is 7.16. The smallest absolute Gasteiger partial charge is 0.251 e. The number of carbonyl (C=O) groups is 2. The van der Waals surface area contributed by atoms with Crippen LogP contribution in [0.25, 0.3) is 0 Å². The summed E-state index contributed by atoms with van der Waals surface area (Å²) in [7, 11) is 0. The second kappa shape index (κ2) is 10.2. The molecule has 6 nitrogen and oxygen atoms in total. The molecule has 6 heteroatoms. The number of hydrogen-bond acceptors (Lipinski definition) is 4. The quantitative estimate of drug-likeness (QED) is 0.605. The van der Waals surface area contributed by atoms with Gasteiger partial charge in [-0.2, -0.15) is 0 Å². The van der Waals surface area contributed by atoms with Gasteiger partial charge in [-0.1, -0.05) is 35.4 Å². The third-order valence-electron chi connectivity index (χ3n) is 4.39. The first kappa shape index (κ1) is 21.0. The summed E-state index contributed by atoms with van der Waals surface area (Å²) in [6.45, 7) is 4.51. The number of nitrogens with zero attached hydrogens (tertiary/aromatic N) is 1. The van der Waals surface area contributed by atoms with Gasteiger partial charge in [0, 0.05) is 18.3 Å². The van der Waals surface area contributed by atoms with Crippen LogP contribution in [0, 0.1) is 13.8 Å². The SMILES string of the molecule is Cc1cc(C)cc(C(=O)NCC(=O)NCc2cccc(OCc3ccccn3)c2)c1. The third kappa shape index (κ3) is 6.44. The topological polar surface area (TPSA) is 80.3 Å². The van der Waals surface area contributed by atoms with Crippen molar-refractivity contribution in [3.63, 3.8) is 0 Å². The first-order valence-corrected chi connectivity index (χ1v) is 9.74. The van der Waals surface area contributed by atoms with E-state index in [2.05, 4.69) is 15.6 Å². The van der Waals surface area contributed by atoms with Crippen molar-refractivity contribution in [3.05, 3.63) is 94.8 Å². The minimum atomic E-state index is -0.262. The van der Waals surface area contributed by atoms with Gasteiger partial charge in [0.15, 0.2) is 0 Å². The Morgan fingerprint density at radius 3 is 2.47 bits per heavy atom. The number of pyridine rings is 1. The summed E-state index contributed by atoms with van der Waals surface area (Å²) >= 11 is 0. The predicted octanol–water partition coefficient (Wildman–Crippen LogP) is 3.32. The highest BCUT2D eigenvalue weighted by Gasteiger charge is 2.09. The number of benzene rings is 2. The van der Waals surface area contributed by atoms with Crippen molar-refractivity contribution in [1.29, 1.82) is 0 Å². The summed E-state index contributed by atoms with van der Waals surface area (Å²) in [5, 5.41) is 5.46. The number of aromatic nitrogens is 1. The zero-order valence-electron chi connectivity index (χ0n) is 17.1. The van der Waals surface area contributed by atoms with Crippen LogP contribution in [0.5, 0.6) is 5.75 Å². The van der Waals surface area contributed by atoms with E-state index in [0.717, 1.165) is 22.4 Å². The molecule has 2 N–H and O–H groups in total. The zero-order chi connectivity index (χ0) is 21.3. The molecule has 154 valence electrons. The van der Waals surface area contributed by atoms with Crippen LogP contribution in [0.15, 0.2) is 66.9 Å². The average Bonchev–Trinajstić information content (AvgIpc) is 2.75. The van der Waals surface area contributed by atoms with Gasteiger partial charge in [0.25, 0.3) is 5.91 Å². The van der Waals surface area contributed by atoms with Crippen LogP contribution in [0.1, 0.15) is 32.7 Å². The van der Waals surface area contributed by atoms with Gasteiger partial charge in [-0.3, -0.25) is 14.6 Å². The van der Waals surface area contributed by atoms with Gasteiger partial charge >= 0.3 is 0 Å². The first-order valence-electron chi connectivity index (χ1n) is 9.74. The normalized spacial score (nSPS) is 10.3. The molecule has 3 rings (SSSR count). The first-order chi connectivity index (χ1) is 14.5. The molecule has 0 saturated carbocycles. The van der Waals surface area contributed by atoms with Crippen molar-refractivity contribution in [1.82, 2.24) is 15.6 Å². The molecule has 1 heterocycles. The molecule has 0 saturated heterocycles. The molecule has 0 radical (unpaired) electrons. The molecule has 0 bridgehead atoms. The van der Waals surface area contributed by atoms with E-state index in [9.17, 15) is 9.59 Å². The molecule has 2 aromatic carbocycles. The molecular formula is C24H25N3O3. The monoisotopic (exact) mass is 403 g/mol. The largest absolute Gasteiger partial charge is 0.487 e. The van der Waals surface area contributed by atoms with E-state index in [1.54, 1.807) is 18.3 Å². The van der Waals surface area contributed by atoms with Gasteiger partial charge < -0.3 is 15.4 Å². The maximum atomic E-state index is 12.2. The summed E-state index contributed by atoms with van der Waals surface area (Å²) in [5.74, 6) is 0.185. The second-order valence-corrected chi connectivity index (χ2v) is 7.09. The molecule has 3 aromatic rings.